The Bertz CT molecular complexity index is 1470. The van der Waals surface area contributed by atoms with Crippen molar-refractivity contribution in [3.63, 3.8) is 0 Å². The van der Waals surface area contributed by atoms with Gasteiger partial charge in [0.25, 0.3) is 5.56 Å². The summed E-state index contributed by atoms with van der Waals surface area (Å²) in [6.45, 7) is 4.31. The molecule has 33 heavy (non-hydrogen) atoms. The summed E-state index contributed by atoms with van der Waals surface area (Å²) in [5.74, 6) is 1.90. The quantitative estimate of drug-likeness (QED) is 0.252. The van der Waals surface area contributed by atoms with Crippen LogP contribution in [0.3, 0.4) is 0 Å². The number of aromatic nitrogens is 4. The topological polar surface area (TPSA) is 73.8 Å². The van der Waals surface area contributed by atoms with Gasteiger partial charge in [-0.25, -0.2) is 9.97 Å². The van der Waals surface area contributed by atoms with Gasteiger partial charge in [0.15, 0.2) is 5.16 Å². The van der Waals surface area contributed by atoms with Crippen molar-refractivity contribution in [1.29, 1.82) is 0 Å². The first-order valence-corrected chi connectivity index (χ1v) is 11.6. The van der Waals surface area contributed by atoms with Crippen molar-refractivity contribution in [2.24, 2.45) is 0 Å². The minimum absolute atomic E-state index is 0.0778. The van der Waals surface area contributed by atoms with Gasteiger partial charge in [0, 0.05) is 17.5 Å². The molecule has 0 saturated heterocycles. The average molecular weight is 455 g/mol. The third kappa shape index (κ3) is 4.45. The molecule has 0 atom stereocenters. The fourth-order valence-corrected chi connectivity index (χ4v) is 4.57. The monoisotopic (exact) mass is 454 g/mol. The third-order valence-corrected chi connectivity index (χ3v) is 6.39. The highest BCUT2D eigenvalue weighted by Gasteiger charge is 2.16. The second-order valence-corrected chi connectivity index (χ2v) is 8.74. The average Bonchev–Trinajstić information content (AvgIpc) is 3.21. The molecule has 0 radical (unpaired) electrons. The number of oxazole rings is 1. The maximum absolute atomic E-state index is 13.3. The van der Waals surface area contributed by atoms with Crippen molar-refractivity contribution in [1.82, 2.24) is 19.5 Å². The molecule has 0 spiro atoms. The maximum atomic E-state index is 13.3. The summed E-state index contributed by atoms with van der Waals surface area (Å²) in [6, 6.07) is 21.2. The number of pyridine rings is 1. The SMILES string of the molecule is Cc1ccc(-c2nc(CSc3nc4ccccc4c(=O)n3Cc3ccccn3)c(C)o2)cc1. The zero-order chi connectivity index (χ0) is 22.8. The van der Waals surface area contributed by atoms with Crippen LogP contribution in [0.15, 0.2) is 87.3 Å². The Kier molecular flexibility index (Phi) is 5.79. The minimum Gasteiger partial charge on any atom is -0.441 e. The summed E-state index contributed by atoms with van der Waals surface area (Å²) in [5.41, 5.74) is 4.37. The first-order chi connectivity index (χ1) is 16.1. The van der Waals surface area contributed by atoms with Crippen molar-refractivity contribution in [3.05, 3.63) is 106 Å². The van der Waals surface area contributed by atoms with Gasteiger partial charge in [-0.2, -0.15) is 0 Å². The molecule has 0 bridgehead atoms. The highest BCUT2D eigenvalue weighted by atomic mass is 32.2. The first kappa shape index (κ1) is 21.2. The van der Waals surface area contributed by atoms with E-state index in [4.69, 9.17) is 14.4 Å². The number of thioether (sulfide) groups is 1. The zero-order valence-electron chi connectivity index (χ0n) is 18.4. The lowest BCUT2D eigenvalue weighted by molar-refractivity contribution is 0.540. The van der Waals surface area contributed by atoms with Gasteiger partial charge in [-0.1, -0.05) is 47.7 Å². The normalized spacial score (nSPS) is 11.2. The van der Waals surface area contributed by atoms with Gasteiger partial charge in [0.1, 0.15) is 5.76 Å². The molecule has 5 aromatic rings. The van der Waals surface area contributed by atoms with Crippen LogP contribution in [-0.2, 0) is 12.3 Å². The molecule has 3 aromatic heterocycles. The molecule has 0 unspecified atom stereocenters. The van der Waals surface area contributed by atoms with Crippen molar-refractivity contribution in [2.45, 2.75) is 31.3 Å². The molecular formula is C26H22N4O2S. The molecule has 2 aromatic carbocycles. The summed E-state index contributed by atoms with van der Waals surface area (Å²) < 4.78 is 7.61. The minimum atomic E-state index is -0.0778. The Morgan fingerprint density at radius 2 is 1.73 bits per heavy atom. The van der Waals surface area contributed by atoms with Crippen LogP contribution < -0.4 is 5.56 Å². The summed E-state index contributed by atoms with van der Waals surface area (Å²) >= 11 is 1.48. The van der Waals surface area contributed by atoms with Gasteiger partial charge in [-0.3, -0.25) is 14.3 Å². The van der Waals surface area contributed by atoms with E-state index in [1.807, 2.05) is 80.6 Å². The van der Waals surface area contributed by atoms with Crippen LogP contribution in [-0.4, -0.2) is 19.5 Å². The number of benzene rings is 2. The predicted octanol–water partition coefficient (Wildman–Crippen LogP) is 5.40. The van der Waals surface area contributed by atoms with E-state index in [2.05, 4.69) is 4.98 Å². The Morgan fingerprint density at radius 1 is 0.939 bits per heavy atom. The number of rotatable bonds is 6. The van der Waals surface area contributed by atoms with Crippen LogP contribution >= 0.6 is 11.8 Å². The van der Waals surface area contributed by atoms with Gasteiger partial charge in [-0.15, -0.1) is 0 Å². The summed E-state index contributed by atoms with van der Waals surface area (Å²) in [4.78, 5) is 27.2. The van der Waals surface area contributed by atoms with Gasteiger partial charge in [0.05, 0.1) is 28.8 Å². The number of fused-ring (bicyclic) bond motifs is 1. The number of para-hydroxylation sites is 1. The standard InChI is InChI=1S/C26H22N4O2S/c1-17-10-12-19(13-11-17)24-28-23(18(2)32-24)16-33-26-29-22-9-4-3-8-21(22)25(31)30(26)15-20-7-5-6-14-27-20/h3-14H,15-16H2,1-2H3. The Morgan fingerprint density at radius 3 is 2.52 bits per heavy atom. The number of hydrogen-bond acceptors (Lipinski definition) is 6. The van der Waals surface area contributed by atoms with E-state index in [1.54, 1.807) is 10.8 Å². The van der Waals surface area contributed by atoms with Crippen molar-refractivity contribution in [3.8, 4) is 11.5 Å². The number of aryl methyl sites for hydroxylation is 2. The predicted molar refractivity (Wildman–Crippen MR) is 130 cm³/mol. The zero-order valence-corrected chi connectivity index (χ0v) is 19.2. The van der Waals surface area contributed by atoms with Gasteiger partial charge in [-0.05, 0) is 50.2 Å². The molecule has 0 aliphatic rings. The summed E-state index contributed by atoms with van der Waals surface area (Å²) in [6.07, 6.45) is 1.73. The second kappa shape index (κ2) is 9.03. The molecular weight excluding hydrogens is 432 g/mol. The second-order valence-electron chi connectivity index (χ2n) is 7.80. The molecule has 0 aliphatic heterocycles. The fourth-order valence-electron chi connectivity index (χ4n) is 3.57. The Balaban J connectivity index is 1.48. The van der Waals surface area contributed by atoms with Gasteiger partial charge >= 0.3 is 0 Å². The molecule has 7 heteroatoms. The van der Waals surface area contributed by atoms with Crippen LogP contribution in [0.1, 0.15) is 22.7 Å². The summed E-state index contributed by atoms with van der Waals surface area (Å²) in [5, 5.41) is 1.22. The van der Waals surface area contributed by atoms with Crippen molar-refractivity contribution in [2.75, 3.05) is 0 Å². The van der Waals surface area contributed by atoms with E-state index >= 15 is 0 Å². The Hall–Kier alpha value is -3.71. The first-order valence-electron chi connectivity index (χ1n) is 10.6. The lowest BCUT2D eigenvalue weighted by Crippen LogP contribution is -2.24. The van der Waals surface area contributed by atoms with E-state index in [0.29, 0.717) is 34.2 Å². The van der Waals surface area contributed by atoms with Crippen LogP contribution in [0, 0.1) is 13.8 Å². The highest BCUT2D eigenvalue weighted by molar-refractivity contribution is 7.98. The molecule has 3 heterocycles. The molecule has 0 N–H and O–H groups in total. The summed E-state index contributed by atoms with van der Waals surface area (Å²) in [7, 11) is 0. The molecule has 0 aliphatic carbocycles. The van der Waals surface area contributed by atoms with E-state index in [1.165, 1.54) is 17.3 Å². The van der Waals surface area contributed by atoms with Crippen LogP contribution in [0.2, 0.25) is 0 Å². The van der Waals surface area contributed by atoms with Crippen LogP contribution in [0.4, 0.5) is 0 Å². The lowest BCUT2D eigenvalue weighted by Gasteiger charge is -2.12. The van der Waals surface area contributed by atoms with Crippen LogP contribution in [0.5, 0.6) is 0 Å². The van der Waals surface area contributed by atoms with Crippen LogP contribution in [0.25, 0.3) is 22.4 Å². The highest BCUT2D eigenvalue weighted by Crippen LogP contribution is 2.27. The molecule has 5 rings (SSSR count). The van der Waals surface area contributed by atoms with E-state index in [9.17, 15) is 4.79 Å². The van der Waals surface area contributed by atoms with E-state index < -0.39 is 0 Å². The van der Waals surface area contributed by atoms with Crippen molar-refractivity contribution < 1.29 is 4.42 Å². The largest absolute Gasteiger partial charge is 0.441 e. The lowest BCUT2D eigenvalue weighted by atomic mass is 10.1. The Labute approximate surface area is 195 Å². The molecule has 6 nitrogen and oxygen atoms in total. The molecule has 0 amide bonds. The third-order valence-electron chi connectivity index (χ3n) is 5.40. The smallest absolute Gasteiger partial charge is 0.262 e. The van der Waals surface area contributed by atoms with Crippen molar-refractivity contribution >= 4 is 22.7 Å². The van der Waals surface area contributed by atoms with Gasteiger partial charge in [0.2, 0.25) is 5.89 Å². The molecule has 0 saturated carbocycles. The fraction of sp³-hybridized carbons (Fsp3) is 0.154. The number of hydrogen-bond donors (Lipinski definition) is 0. The van der Waals surface area contributed by atoms with Gasteiger partial charge < -0.3 is 4.42 Å². The van der Waals surface area contributed by atoms with E-state index in [0.717, 1.165) is 22.7 Å². The number of nitrogens with zero attached hydrogens (tertiary/aromatic N) is 4. The maximum Gasteiger partial charge on any atom is 0.262 e. The molecule has 0 fully saturated rings. The van der Waals surface area contributed by atoms with E-state index in [-0.39, 0.29) is 5.56 Å². The molecule has 164 valence electrons.